The summed E-state index contributed by atoms with van der Waals surface area (Å²) >= 11 is 0. The van der Waals surface area contributed by atoms with Crippen molar-refractivity contribution in [1.82, 2.24) is 10.2 Å². The van der Waals surface area contributed by atoms with Crippen molar-refractivity contribution < 1.29 is 4.79 Å². The van der Waals surface area contributed by atoms with Gasteiger partial charge in [-0.3, -0.25) is 4.79 Å². The smallest absolute Gasteiger partial charge is 0.226 e. The van der Waals surface area contributed by atoms with Crippen LogP contribution in [0.4, 0.5) is 0 Å². The first-order valence-corrected chi connectivity index (χ1v) is 8.23. The zero-order valence-corrected chi connectivity index (χ0v) is 13.4. The van der Waals surface area contributed by atoms with Crippen LogP contribution in [0.1, 0.15) is 37.3 Å². The maximum Gasteiger partial charge on any atom is 0.226 e. The van der Waals surface area contributed by atoms with Crippen molar-refractivity contribution in [3.05, 3.63) is 35.4 Å². The van der Waals surface area contributed by atoms with E-state index in [1.165, 1.54) is 18.4 Å². The van der Waals surface area contributed by atoms with Gasteiger partial charge in [0.05, 0.1) is 6.42 Å². The van der Waals surface area contributed by atoms with E-state index in [9.17, 15) is 4.79 Å². The number of benzene rings is 1. The molecule has 1 heterocycles. The molecule has 0 bridgehead atoms. The number of piperidine rings is 1. The normalized spacial score (nSPS) is 18.5. The van der Waals surface area contributed by atoms with E-state index >= 15 is 0 Å². The second kappa shape index (κ2) is 8.18. The monoisotopic (exact) mass is 288 g/mol. The minimum absolute atomic E-state index is 0.270. The predicted octanol–water partition coefficient (Wildman–Crippen LogP) is 2.78. The van der Waals surface area contributed by atoms with Crippen LogP contribution in [0.5, 0.6) is 0 Å². The molecule has 0 aliphatic carbocycles. The number of amides is 1. The Morgan fingerprint density at radius 1 is 1.33 bits per heavy atom. The average Bonchev–Trinajstić information content (AvgIpc) is 2.50. The van der Waals surface area contributed by atoms with E-state index < -0.39 is 0 Å². The van der Waals surface area contributed by atoms with Gasteiger partial charge in [-0.2, -0.15) is 0 Å². The summed E-state index contributed by atoms with van der Waals surface area (Å²) in [5.41, 5.74) is 2.36. The Morgan fingerprint density at radius 2 is 2.10 bits per heavy atom. The topological polar surface area (TPSA) is 32.3 Å². The van der Waals surface area contributed by atoms with E-state index in [0.29, 0.717) is 12.3 Å². The fourth-order valence-electron chi connectivity index (χ4n) is 2.97. The molecular formula is C18H28N2O. The Hall–Kier alpha value is -1.35. The quantitative estimate of drug-likeness (QED) is 0.873. The summed E-state index contributed by atoms with van der Waals surface area (Å²) in [5.74, 6) is 0.888. The van der Waals surface area contributed by atoms with Crippen molar-refractivity contribution in [2.75, 3.05) is 26.2 Å². The van der Waals surface area contributed by atoms with E-state index in [2.05, 4.69) is 48.3 Å². The van der Waals surface area contributed by atoms with E-state index in [0.717, 1.165) is 38.2 Å². The van der Waals surface area contributed by atoms with Crippen LogP contribution in [0.2, 0.25) is 0 Å². The van der Waals surface area contributed by atoms with Crippen molar-refractivity contribution in [2.45, 2.75) is 39.5 Å². The Morgan fingerprint density at radius 3 is 2.71 bits per heavy atom. The van der Waals surface area contributed by atoms with Gasteiger partial charge in [-0.05, 0) is 50.8 Å². The number of aryl methyl sites for hydroxylation is 1. The van der Waals surface area contributed by atoms with Gasteiger partial charge in [0.15, 0.2) is 0 Å². The minimum atomic E-state index is 0.270. The number of nitrogens with one attached hydrogen (secondary N) is 1. The van der Waals surface area contributed by atoms with Crippen LogP contribution >= 0.6 is 0 Å². The Kier molecular flexibility index (Phi) is 6.24. The molecule has 1 amide bonds. The highest BCUT2D eigenvalue weighted by atomic mass is 16.2. The highest BCUT2D eigenvalue weighted by molar-refractivity contribution is 5.78. The first-order chi connectivity index (χ1) is 10.2. The van der Waals surface area contributed by atoms with Gasteiger partial charge in [-0.15, -0.1) is 0 Å². The zero-order chi connectivity index (χ0) is 15.1. The van der Waals surface area contributed by atoms with E-state index in [-0.39, 0.29) is 5.91 Å². The summed E-state index contributed by atoms with van der Waals surface area (Å²) in [6.07, 6.45) is 4.03. The van der Waals surface area contributed by atoms with Crippen LogP contribution in [-0.2, 0) is 11.2 Å². The third-order valence-electron chi connectivity index (χ3n) is 4.20. The fourth-order valence-corrected chi connectivity index (χ4v) is 2.97. The second-order valence-electron chi connectivity index (χ2n) is 6.21. The van der Waals surface area contributed by atoms with E-state index in [4.69, 9.17) is 0 Å². The number of hydrogen-bond donors (Lipinski definition) is 1. The number of nitrogens with zero attached hydrogens (tertiary/aromatic N) is 1. The maximum absolute atomic E-state index is 12.6. The lowest BCUT2D eigenvalue weighted by Crippen LogP contribution is -2.42. The van der Waals surface area contributed by atoms with Gasteiger partial charge in [0.25, 0.3) is 0 Å². The van der Waals surface area contributed by atoms with Crippen LogP contribution in [-0.4, -0.2) is 37.0 Å². The summed E-state index contributed by atoms with van der Waals surface area (Å²) in [4.78, 5) is 14.6. The molecule has 0 spiro atoms. The third kappa shape index (κ3) is 5.16. The zero-order valence-electron chi connectivity index (χ0n) is 13.4. The molecule has 21 heavy (non-hydrogen) atoms. The highest BCUT2D eigenvalue weighted by Gasteiger charge is 2.20. The van der Waals surface area contributed by atoms with E-state index in [1.54, 1.807) is 0 Å². The molecule has 1 saturated heterocycles. The van der Waals surface area contributed by atoms with Crippen molar-refractivity contribution in [3.63, 3.8) is 0 Å². The molecular weight excluding hydrogens is 260 g/mol. The molecule has 0 saturated carbocycles. The van der Waals surface area contributed by atoms with Gasteiger partial charge < -0.3 is 10.2 Å². The fraction of sp³-hybridized carbons (Fsp3) is 0.611. The standard InChI is InChI=1S/C18H28N2O/c1-3-11-20(14-17-5-4-10-19-13-17)18(21)12-16-8-6-15(2)7-9-16/h6-9,17,19H,3-5,10-14H2,1-2H3. The highest BCUT2D eigenvalue weighted by Crippen LogP contribution is 2.14. The van der Waals surface area contributed by atoms with Crippen LogP contribution in [0.25, 0.3) is 0 Å². The first-order valence-electron chi connectivity index (χ1n) is 8.23. The van der Waals surface area contributed by atoms with Crippen LogP contribution < -0.4 is 5.32 Å². The van der Waals surface area contributed by atoms with Crippen LogP contribution in [0.3, 0.4) is 0 Å². The lowest BCUT2D eigenvalue weighted by Gasteiger charge is -2.30. The van der Waals surface area contributed by atoms with Crippen molar-refractivity contribution in [2.24, 2.45) is 5.92 Å². The molecule has 1 N–H and O–H groups in total. The van der Waals surface area contributed by atoms with Gasteiger partial charge in [-0.25, -0.2) is 0 Å². The molecule has 3 nitrogen and oxygen atoms in total. The Bertz CT molecular complexity index is 435. The number of carbonyl (C=O) groups is 1. The lowest BCUT2D eigenvalue weighted by atomic mass is 9.98. The largest absolute Gasteiger partial charge is 0.342 e. The molecule has 0 radical (unpaired) electrons. The average molecular weight is 288 g/mol. The SMILES string of the molecule is CCCN(CC1CCCNC1)C(=O)Cc1ccc(C)cc1. The molecule has 1 aromatic carbocycles. The molecule has 1 fully saturated rings. The number of hydrogen-bond acceptors (Lipinski definition) is 2. The molecule has 2 rings (SSSR count). The maximum atomic E-state index is 12.6. The van der Waals surface area contributed by atoms with Gasteiger partial charge in [0, 0.05) is 13.1 Å². The summed E-state index contributed by atoms with van der Waals surface area (Å²) in [6.45, 7) is 8.18. The van der Waals surface area contributed by atoms with Crippen molar-refractivity contribution >= 4 is 5.91 Å². The molecule has 1 aliphatic heterocycles. The van der Waals surface area contributed by atoms with Gasteiger partial charge in [0.1, 0.15) is 0 Å². The van der Waals surface area contributed by atoms with E-state index in [1.807, 2.05) is 0 Å². The molecule has 1 unspecified atom stereocenters. The molecule has 3 heteroatoms. The summed E-state index contributed by atoms with van der Waals surface area (Å²) < 4.78 is 0. The molecule has 1 atom stereocenters. The lowest BCUT2D eigenvalue weighted by molar-refractivity contribution is -0.131. The Balaban J connectivity index is 1.92. The molecule has 1 aromatic rings. The van der Waals surface area contributed by atoms with Gasteiger partial charge in [-0.1, -0.05) is 36.8 Å². The van der Waals surface area contributed by atoms with Crippen LogP contribution in [0.15, 0.2) is 24.3 Å². The predicted molar refractivity (Wildman–Crippen MR) is 87.3 cm³/mol. The Labute approximate surface area is 128 Å². The van der Waals surface area contributed by atoms with Gasteiger partial charge in [0.2, 0.25) is 5.91 Å². The second-order valence-corrected chi connectivity index (χ2v) is 6.21. The first kappa shape index (κ1) is 16.0. The summed E-state index contributed by atoms with van der Waals surface area (Å²) in [5, 5.41) is 3.44. The molecule has 116 valence electrons. The van der Waals surface area contributed by atoms with Crippen molar-refractivity contribution in [3.8, 4) is 0 Å². The summed E-state index contributed by atoms with van der Waals surface area (Å²) in [7, 11) is 0. The molecule has 1 aliphatic rings. The van der Waals surface area contributed by atoms with Crippen molar-refractivity contribution in [1.29, 1.82) is 0 Å². The third-order valence-corrected chi connectivity index (χ3v) is 4.20. The molecule has 0 aromatic heterocycles. The number of carbonyl (C=O) groups excluding carboxylic acids is 1. The summed E-state index contributed by atoms with van der Waals surface area (Å²) in [6, 6.07) is 8.30. The van der Waals surface area contributed by atoms with Gasteiger partial charge >= 0.3 is 0 Å². The minimum Gasteiger partial charge on any atom is -0.342 e. The number of rotatable bonds is 6. The van der Waals surface area contributed by atoms with Crippen LogP contribution in [0, 0.1) is 12.8 Å².